The van der Waals surface area contributed by atoms with Crippen molar-refractivity contribution >= 4 is 22.9 Å². The third-order valence-electron chi connectivity index (χ3n) is 5.40. The molecule has 4 heterocycles. The van der Waals surface area contributed by atoms with Crippen LogP contribution in [-0.2, 0) is 19.4 Å². The molecule has 3 aromatic heterocycles. The molecule has 0 saturated carbocycles. The van der Waals surface area contributed by atoms with Gasteiger partial charge in [-0.1, -0.05) is 12.1 Å². The van der Waals surface area contributed by atoms with Gasteiger partial charge in [0, 0.05) is 12.1 Å². The van der Waals surface area contributed by atoms with Crippen LogP contribution in [-0.4, -0.2) is 26.4 Å². The predicted octanol–water partition coefficient (Wildman–Crippen LogP) is 4.07. The van der Waals surface area contributed by atoms with E-state index in [-0.39, 0.29) is 6.79 Å². The molecule has 146 valence electrons. The van der Waals surface area contributed by atoms with Gasteiger partial charge in [0.15, 0.2) is 17.3 Å². The molecule has 0 amide bonds. The molecule has 1 aromatic carbocycles. The number of nitrogens with one attached hydrogen (secondary N) is 1. The van der Waals surface area contributed by atoms with Gasteiger partial charge in [-0.25, -0.2) is 4.98 Å². The molecule has 2 aliphatic rings. The summed E-state index contributed by atoms with van der Waals surface area (Å²) in [7, 11) is 0. The number of fused-ring (bicyclic) bond motifs is 3. The third-order valence-corrected chi connectivity index (χ3v) is 6.27. The van der Waals surface area contributed by atoms with E-state index in [1.807, 2.05) is 34.2 Å². The molecule has 0 saturated heterocycles. The second-order valence-electron chi connectivity index (χ2n) is 7.26. The zero-order chi connectivity index (χ0) is 19.2. The molecule has 8 heteroatoms. The predicted molar refractivity (Wildman–Crippen MR) is 111 cm³/mol. The maximum absolute atomic E-state index is 5.51. The van der Waals surface area contributed by atoms with Crippen molar-refractivity contribution in [3.8, 4) is 22.2 Å². The molecule has 7 nitrogen and oxygen atoms in total. The smallest absolute Gasteiger partial charge is 0.254 e. The Kier molecular flexibility index (Phi) is 3.90. The van der Waals surface area contributed by atoms with Gasteiger partial charge in [0.2, 0.25) is 6.79 Å². The van der Waals surface area contributed by atoms with Crippen molar-refractivity contribution in [2.45, 2.75) is 32.2 Å². The average molecular weight is 405 g/mol. The Balaban J connectivity index is 1.40. The van der Waals surface area contributed by atoms with Crippen molar-refractivity contribution in [1.82, 2.24) is 19.6 Å². The van der Waals surface area contributed by atoms with E-state index in [2.05, 4.69) is 11.4 Å². The van der Waals surface area contributed by atoms with Crippen molar-refractivity contribution in [2.24, 2.45) is 0 Å². The number of ether oxygens (including phenoxy) is 2. The molecule has 0 radical (unpaired) electrons. The zero-order valence-electron chi connectivity index (χ0n) is 15.7. The van der Waals surface area contributed by atoms with Crippen LogP contribution in [0.25, 0.3) is 16.5 Å². The van der Waals surface area contributed by atoms with Crippen molar-refractivity contribution in [3.05, 3.63) is 52.5 Å². The van der Waals surface area contributed by atoms with Gasteiger partial charge < -0.3 is 14.8 Å². The Morgan fingerprint density at radius 3 is 2.93 bits per heavy atom. The van der Waals surface area contributed by atoms with E-state index in [4.69, 9.17) is 24.5 Å². The monoisotopic (exact) mass is 405 g/mol. The number of hydrogen-bond acceptors (Lipinski definition) is 7. The Bertz CT molecular complexity index is 1200. The summed E-state index contributed by atoms with van der Waals surface area (Å²) in [5.41, 5.74) is 3.52. The quantitative estimate of drug-likeness (QED) is 0.552. The van der Waals surface area contributed by atoms with E-state index in [9.17, 15) is 0 Å². The zero-order valence-corrected chi connectivity index (χ0v) is 16.5. The number of anilines is 1. The summed E-state index contributed by atoms with van der Waals surface area (Å²) in [4.78, 5) is 10.6. The topological polar surface area (TPSA) is 73.6 Å². The van der Waals surface area contributed by atoms with Crippen LogP contribution in [0.3, 0.4) is 0 Å². The Morgan fingerprint density at radius 2 is 2.00 bits per heavy atom. The molecular formula is C21H19N5O2S. The van der Waals surface area contributed by atoms with Crippen LogP contribution in [0.2, 0.25) is 0 Å². The molecule has 1 N–H and O–H groups in total. The minimum absolute atomic E-state index is 0.287. The van der Waals surface area contributed by atoms with E-state index >= 15 is 0 Å². The van der Waals surface area contributed by atoms with Crippen molar-refractivity contribution in [2.75, 3.05) is 12.1 Å². The molecule has 0 atom stereocenters. The number of aryl methyl sites for hydroxylation is 1. The van der Waals surface area contributed by atoms with Gasteiger partial charge >= 0.3 is 0 Å². The molecule has 0 spiro atoms. The molecule has 1 aliphatic heterocycles. The summed E-state index contributed by atoms with van der Waals surface area (Å²) >= 11 is 1.64. The lowest BCUT2D eigenvalue weighted by Crippen LogP contribution is -2.15. The highest BCUT2D eigenvalue weighted by Gasteiger charge is 2.21. The summed E-state index contributed by atoms with van der Waals surface area (Å²) in [5.74, 6) is 3.97. The van der Waals surface area contributed by atoms with Gasteiger partial charge in [0.25, 0.3) is 5.78 Å². The van der Waals surface area contributed by atoms with Gasteiger partial charge in [-0.2, -0.15) is 9.50 Å². The molecular weight excluding hydrogens is 386 g/mol. The molecule has 29 heavy (non-hydrogen) atoms. The number of hydrogen-bond donors (Lipinski definition) is 1. The maximum atomic E-state index is 5.51. The van der Waals surface area contributed by atoms with Gasteiger partial charge in [0.05, 0.1) is 10.6 Å². The van der Waals surface area contributed by atoms with Crippen molar-refractivity contribution < 1.29 is 9.47 Å². The van der Waals surface area contributed by atoms with Gasteiger partial charge in [0.1, 0.15) is 5.82 Å². The third kappa shape index (κ3) is 2.91. The molecule has 1 aliphatic carbocycles. The Labute approximate surface area is 171 Å². The fourth-order valence-electron chi connectivity index (χ4n) is 3.97. The van der Waals surface area contributed by atoms with Gasteiger partial charge in [-0.3, -0.25) is 0 Å². The second-order valence-corrected chi connectivity index (χ2v) is 8.21. The number of benzene rings is 1. The van der Waals surface area contributed by atoms with Crippen LogP contribution in [0.1, 0.15) is 29.7 Å². The van der Waals surface area contributed by atoms with Gasteiger partial charge in [-0.05, 0) is 54.8 Å². The largest absolute Gasteiger partial charge is 0.454 e. The highest BCUT2D eigenvalue weighted by Crippen LogP contribution is 2.33. The molecule has 0 fully saturated rings. The minimum Gasteiger partial charge on any atom is -0.454 e. The van der Waals surface area contributed by atoms with E-state index < -0.39 is 0 Å². The molecule has 0 bridgehead atoms. The van der Waals surface area contributed by atoms with Crippen LogP contribution in [0.5, 0.6) is 11.5 Å². The number of rotatable bonds is 4. The average Bonchev–Trinajstić information content (AvgIpc) is 3.50. The fourth-order valence-corrected chi connectivity index (χ4v) is 4.62. The minimum atomic E-state index is 0.287. The SMILES string of the molecule is c1csc(-c2nc3nc4c(c(NCc5ccc6c(c5)OCO6)n3n2)CCCC4)c1. The Hall–Kier alpha value is -3.13. The van der Waals surface area contributed by atoms with Crippen LogP contribution < -0.4 is 14.8 Å². The van der Waals surface area contributed by atoms with Crippen molar-refractivity contribution in [3.63, 3.8) is 0 Å². The molecule has 0 unspecified atom stereocenters. The number of thiophene rings is 1. The van der Waals surface area contributed by atoms with E-state index in [0.717, 1.165) is 52.1 Å². The summed E-state index contributed by atoms with van der Waals surface area (Å²) in [5, 5.41) is 10.4. The summed E-state index contributed by atoms with van der Waals surface area (Å²) < 4.78 is 12.8. The lowest BCUT2D eigenvalue weighted by Gasteiger charge is -2.20. The summed E-state index contributed by atoms with van der Waals surface area (Å²) in [6.07, 6.45) is 4.34. The normalized spacial score (nSPS) is 14.9. The first-order valence-electron chi connectivity index (χ1n) is 9.80. The standard InChI is InChI=1S/C21H19N5O2S/c1-2-5-15-14(4-1)20(22-11-13-7-8-16-17(10-13)28-12-27-16)26-21(23-15)24-19(25-26)18-6-3-9-29-18/h3,6-10,22H,1-2,4-5,11-12H2. The molecule has 6 rings (SSSR count). The number of aromatic nitrogens is 4. The van der Waals surface area contributed by atoms with Crippen LogP contribution in [0.15, 0.2) is 35.7 Å². The first-order chi connectivity index (χ1) is 14.3. The van der Waals surface area contributed by atoms with E-state index in [0.29, 0.717) is 12.3 Å². The fraction of sp³-hybridized carbons (Fsp3) is 0.286. The second kappa shape index (κ2) is 6.73. The maximum Gasteiger partial charge on any atom is 0.254 e. The van der Waals surface area contributed by atoms with E-state index in [1.165, 1.54) is 18.4 Å². The van der Waals surface area contributed by atoms with E-state index in [1.54, 1.807) is 11.3 Å². The van der Waals surface area contributed by atoms with Crippen molar-refractivity contribution in [1.29, 1.82) is 0 Å². The molecule has 4 aromatic rings. The summed E-state index contributed by atoms with van der Waals surface area (Å²) in [6, 6.07) is 10.1. The van der Waals surface area contributed by atoms with Gasteiger partial charge in [-0.15, -0.1) is 16.4 Å². The lowest BCUT2D eigenvalue weighted by atomic mass is 9.96. The van der Waals surface area contributed by atoms with Crippen LogP contribution in [0.4, 0.5) is 5.82 Å². The lowest BCUT2D eigenvalue weighted by molar-refractivity contribution is 0.174. The van der Waals surface area contributed by atoms with Crippen LogP contribution >= 0.6 is 11.3 Å². The highest BCUT2D eigenvalue weighted by molar-refractivity contribution is 7.13. The van der Waals surface area contributed by atoms with Crippen LogP contribution in [0, 0.1) is 0 Å². The highest BCUT2D eigenvalue weighted by atomic mass is 32.1. The summed E-state index contributed by atoms with van der Waals surface area (Å²) in [6.45, 7) is 0.950. The first kappa shape index (κ1) is 16.8. The number of nitrogens with zero attached hydrogens (tertiary/aromatic N) is 4. The first-order valence-corrected chi connectivity index (χ1v) is 10.7. The Morgan fingerprint density at radius 1 is 1.07 bits per heavy atom.